The van der Waals surface area contributed by atoms with Gasteiger partial charge >= 0.3 is 0 Å². The van der Waals surface area contributed by atoms with Crippen molar-refractivity contribution in [1.29, 1.82) is 0 Å². The van der Waals surface area contributed by atoms with Gasteiger partial charge in [0.1, 0.15) is 4.99 Å². The maximum atomic E-state index is 12.2. The van der Waals surface area contributed by atoms with E-state index in [1.165, 1.54) is 0 Å². The molecule has 0 spiro atoms. The van der Waals surface area contributed by atoms with Crippen LogP contribution in [0.2, 0.25) is 0 Å². The largest absolute Gasteiger partial charge is 0.389 e. The normalized spacial score (nSPS) is 10.1. The first-order chi connectivity index (χ1) is 9.47. The van der Waals surface area contributed by atoms with Crippen molar-refractivity contribution < 1.29 is 4.79 Å². The van der Waals surface area contributed by atoms with Crippen molar-refractivity contribution >= 4 is 44.7 Å². The van der Waals surface area contributed by atoms with E-state index in [0.29, 0.717) is 16.2 Å². The Morgan fingerprint density at radius 1 is 1.15 bits per heavy atom. The molecule has 0 saturated heterocycles. The summed E-state index contributed by atoms with van der Waals surface area (Å²) in [5.41, 5.74) is 8.59. The number of halogens is 1. The first-order valence-electron chi connectivity index (χ1n) is 5.95. The SMILES string of the molecule is Cc1ccc(C(N)=S)cc1NC(=O)c1ccc(Br)cc1. The summed E-state index contributed by atoms with van der Waals surface area (Å²) < 4.78 is 0.931. The molecule has 0 aliphatic carbocycles. The first kappa shape index (κ1) is 14.7. The van der Waals surface area contributed by atoms with Crippen LogP contribution in [0.25, 0.3) is 0 Å². The molecule has 0 atom stereocenters. The van der Waals surface area contributed by atoms with Crippen LogP contribution in [0.4, 0.5) is 5.69 Å². The highest BCUT2D eigenvalue weighted by Gasteiger charge is 2.09. The molecule has 0 bridgehead atoms. The van der Waals surface area contributed by atoms with Gasteiger partial charge in [0.15, 0.2) is 0 Å². The Morgan fingerprint density at radius 2 is 1.75 bits per heavy atom. The maximum absolute atomic E-state index is 12.2. The minimum absolute atomic E-state index is 0.166. The predicted octanol–water partition coefficient (Wildman–Crippen LogP) is 3.64. The van der Waals surface area contributed by atoms with E-state index < -0.39 is 0 Å². The molecule has 20 heavy (non-hydrogen) atoms. The maximum Gasteiger partial charge on any atom is 0.255 e. The Hall–Kier alpha value is -1.72. The average molecular weight is 349 g/mol. The quantitative estimate of drug-likeness (QED) is 0.832. The summed E-state index contributed by atoms with van der Waals surface area (Å²) in [7, 11) is 0. The molecule has 0 fully saturated rings. The standard InChI is InChI=1S/C15H13BrN2OS/c1-9-2-3-11(14(17)20)8-13(9)18-15(19)10-4-6-12(16)7-5-10/h2-8H,1H3,(H2,17,20)(H,18,19). The molecule has 3 N–H and O–H groups in total. The van der Waals surface area contributed by atoms with Gasteiger partial charge in [-0.25, -0.2) is 0 Å². The van der Waals surface area contributed by atoms with E-state index >= 15 is 0 Å². The summed E-state index contributed by atoms with van der Waals surface area (Å²) in [4.78, 5) is 12.5. The first-order valence-corrected chi connectivity index (χ1v) is 7.15. The van der Waals surface area contributed by atoms with Gasteiger partial charge in [-0.05, 0) is 42.8 Å². The zero-order valence-corrected chi connectivity index (χ0v) is 13.2. The fourth-order valence-electron chi connectivity index (χ4n) is 1.71. The van der Waals surface area contributed by atoms with E-state index in [4.69, 9.17) is 18.0 Å². The van der Waals surface area contributed by atoms with E-state index in [1.54, 1.807) is 18.2 Å². The van der Waals surface area contributed by atoms with Crippen molar-refractivity contribution in [1.82, 2.24) is 0 Å². The number of thiocarbonyl (C=S) groups is 1. The second-order valence-corrected chi connectivity index (χ2v) is 5.71. The van der Waals surface area contributed by atoms with Crippen molar-refractivity contribution in [2.75, 3.05) is 5.32 Å². The van der Waals surface area contributed by atoms with Crippen LogP contribution in [0.1, 0.15) is 21.5 Å². The molecule has 3 nitrogen and oxygen atoms in total. The average Bonchev–Trinajstić information content (AvgIpc) is 2.41. The molecular weight excluding hydrogens is 336 g/mol. The van der Waals surface area contributed by atoms with Gasteiger partial charge in [-0.2, -0.15) is 0 Å². The number of carbonyl (C=O) groups excluding carboxylic acids is 1. The lowest BCUT2D eigenvalue weighted by Gasteiger charge is -2.10. The third kappa shape index (κ3) is 3.43. The van der Waals surface area contributed by atoms with Gasteiger partial charge in [-0.15, -0.1) is 0 Å². The van der Waals surface area contributed by atoms with Gasteiger partial charge in [0.25, 0.3) is 5.91 Å². The summed E-state index contributed by atoms with van der Waals surface area (Å²) >= 11 is 8.28. The van der Waals surface area contributed by atoms with Gasteiger partial charge in [-0.3, -0.25) is 4.79 Å². The predicted molar refractivity (Wildman–Crippen MR) is 89.2 cm³/mol. The molecule has 2 aromatic rings. The fourth-order valence-corrected chi connectivity index (χ4v) is 2.10. The van der Waals surface area contributed by atoms with Crippen LogP contribution in [0.5, 0.6) is 0 Å². The molecule has 0 aliphatic rings. The third-order valence-electron chi connectivity index (χ3n) is 2.88. The zero-order valence-electron chi connectivity index (χ0n) is 10.8. The van der Waals surface area contributed by atoms with Crippen LogP contribution in [0, 0.1) is 6.92 Å². The van der Waals surface area contributed by atoms with Gasteiger partial charge < -0.3 is 11.1 Å². The van der Waals surface area contributed by atoms with Crippen LogP contribution >= 0.6 is 28.1 Å². The van der Waals surface area contributed by atoms with Crippen molar-refractivity contribution in [2.24, 2.45) is 5.73 Å². The van der Waals surface area contributed by atoms with Crippen LogP contribution in [-0.4, -0.2) is 10.9 Å². The second-order valence-electron chi connectivity index (χ2n) is 4.35. The van der Waals surface area contributed by atoms with E-state index in [1.807, 2.05) is 31.2 Å². The molecule has 5 heteroatoms. The summed E-state index contributed by atoms with van der Waals surface area (Å²) in [5, 5.41) is 2.87. The highest BCUT2D eigenvalue weighted by Crippen LogP contribution is 2.18. The number of hydrogen-bond donors (Lipinski definition) is 2. The Labute approximate surface area is 131 Å². The van der Waals surface area contributed by atoms with E-state index in [9.17, 15) is 4.79 Å². The molecule has 0 heterocycles. The number of nitrogens with two attached hydrogens (primary N) is 1. The molecule has 2 rings (SSSR count). The van der Waals surface area contributed by atoms with Gasteiger partial charge in [0, 0.05) is 21.3 Å². The molecule has 0 saturated carbocycles. The molecule has 102 valence electrons. The third-order valence-corrected chi connectivity index (χ3v) is 3.64. The van der Waals surface area contributed by atoms with Gasteiger partial charge in [0.2, 0.25) is 0 Å². The Bertz CT molecular complexity index is 668. The van der Waals surface area contributed by atoms with Gasteiger partial charge in [-0.1, -0.05) is 40.3 Å². The highest BCUT2D eigenvalue weighted by molar-refractivity contribution is 9.10. The van der Waals surface area contributed by atoms with Crippen LogP contribution in [0.3, 0.4) is 0 Å². The minimum Gasteiger partial charge on any atom is -0.389 e. The molecule has 1 amide bonds. The lowest BCUT2D eigenvalue weighted by Crippen LogP contribution is -2.14. The second kappa shape index (κ2) is 6.15. The molecule has 0 aromatic heterocycles. The number of amides is 1. The number of carbonyl (C=O) groups is 1. The number of aryl methyl sites for hydroxylation is 1. The highest BCUT2D eigenvalue weighted by atomic mass is 79.9. The zero-order chi connectivity index (χ0) is 14.7. The van der Waals surface area contributed by atoms with E-state index in [0.717, 1.165) is 15.6 Å². The lowest BCUT2D eigenvalue weighted by atomic mass is 10.1. The fraction of sp³-hybridized carbons (Fsp3) is 0.0667. The van der Waals surface area contributed by atoms with Crippen LogP contribution in [0.15, 0.2) is 46.9 Å². The summed E-state index contributed by atoms with van der Waals surface area (Å²) in [6.45, 7) is 1.92. The Balaban J connectivity index is 2.25. The summed E-state index contributed by atoms with van der Waals surface area (Å²) in [6, 6.07) is 12.7. The Kier molecular flexibility index (Phi) is 4.52. The lowest BCUT2D eigenvalue weighted by molar-refractivity contribution is 0.102. The van der Waals surface area contributed by atoms with Gasteiger partial charge in [0.05, 0.1) is 0 Å². The number of anilines is 1. The molecule has 2 aromatic carbocycles. The van der Waals surface area contributed by atoms with Crippen LogP contribution < -0.4 is 11.1 Å². The minimum atomic E-state index is -0.166. The number of hydrogen-bond acceptors (Lipinski definition) is 2. The van der Waals surface area contributed by atoms with Crippen molar-refractivity contribution in [3.63, 3.8) is 0 Å². The smallest absolute Gasteiger partial charge is 0.255 e. The van der Waals surface area contributed by atoms with Crippen molar-refractivity contribution in [3.8, 4) is 0 Å². The number of benzene rings is 2. The van der Waals surface area contributed by atoms with E-state index in [2.05, 4.69) is 21.2 Å². The topological polar surface area (TPSA) is 55.1 Å². The number of rotatable bonds is 3. The summed E-state index contributed by atoms with van der Waals surface area (Å²) in [6.07, 6.45) is 0. The van der Waals surface area contributed by atoms with Crippen molar-refractivity contribution in [2.45, 2.75) is 6.92 Å². The van der Waals surface area contributed by atoms with Crippen LogP contribution in [-0.2, 0) is 0 Å². The summed E-state index contributed by atoms with van der Waals surface area (Å²) in [5.74, 6) is -0.166. The molecule has 0 radical (unpaired) electrons. The van der Waals surface area contributed by atoms with E-state index in [-0.39, 0.29) is 5.91 Å². The van der Waals surface area contributed by atoms with Crippen molar-refractivity contribution in [3.05, 3.63) is 63.6 Å². The number of nitrogens with one attached hydrogen (secondary N) is 1. The molecule has 0 aliphatic heterocycles. The molecule has 0 unspecified atom stereocenters. The monoisotopic (exact) mass is 348 g/mol. The molecular formula is C15H13BrN2OS. The Morgan fingerprint density at radius 3 is 2.35 bits per heavy atom.